The standard InChI is InChI=1S/C8H14F3NO3/c1-6(2)15-7(13)12-3-4-14-5-8(9,10)11/h6H,3-5H2,1-2H3,(H,12,13). The molecule has 0 bridgehead atoms. The Labute approximate surface area is 85.7 Å². The molecule has 0 radical (unpaired) electrons. The van der Waals surface area contributed by atoms with Gasteiger partial charge < -0.3 is 14.8 Å². The fraction of sp³-hybridized carbons (Fsp3) is 0.875. The molecule has 0 heterocycles. The lowest BCUT2D eigenvalue weighted by atomic mass is 10.5. The molecule has 0 aliphatic rings. The van der Waals surface area contributed by atoms with E-state index in [4.69, 9.17) is 0 Å². The van der Waals surface area contributed by atoms with E-state index < -0.39 is 18.9 Å². The molecule has 0 unspecified atom stereocenters. The van der Waals surface area contributed by atoms with Crippen molar-refractivity contribution in [1.82, 2.24) is 5.32 Å². The van der Waals surface area contributed by atoms with Crippen LogP contribution >= 0.6 is 0 Å². The van der Waals surface area contributed by atoms with Gasteiger partial charge in [-0.25, -0.2) is 4.79 Å². The fourth-order valence-corrected chi connectivity index (χ4v) is 0.669. The molecular weight excluding hydrogens is 215 g/mol. The minimum Gasteiger partial charge on any atom is -0.447 e. The fourth-order valence-electron chi connectivity index (χ4n) is 0.669. The first-order chi connectivity index (χ1) is 6.81. The van der Waals surface area contributed by atoms with Crippen LogP contribution in [0.25, 0.3) is 0 Å². The Hall–Kier alpha value is -0.980. The normalized spacial score (nSPS) is 11.6. The van der Waals surface area contributed by atoms with E-state index in [2.05, 4.69) is 14.8 Å². The molecule has 0 saturated carbocycles. The summed E-state index contributed by atoms with van der Waals surface area (Å²) in [4.78, 5) is 10.8. The highest BCUT2D eigenvalue weighted by Crippen LogP contribution is 2.13. The highest BCUT2D eigenvalue weighted by atomic mass is 19.4. The summed E-state index contributed by atoms with van der Waals surface area (Å²) in [6.45, 7) is 1.81. The summed E-state index contributed by atoms with van der Waals surface area (Å²) in [5.74, 6) is 0. The third kappa shape index (κ3) is 10.9. The summed E-state index contributed by atoms with van der Waals surface area (Å²) in [6, 6.07) is 0. The summed E-state index contributed by atoms with van der Waals surface area (Å²) in [6.07, 6.45) is -5.26. The van der Waals surface area contributed by atoms with Crippen molar-refractivity contribution in [2.24, 2.45) is 0 Å². The number of nitrogens with one attached hydrogen (secondary N) is 1. The molecule has 0 rings (SSSR count). The minimum atomic E-state index is -4.33. The predicted molar refractivity (Wildman–Crippen MR) is 46.5 cm³/mol. The topological polar surface area (TPSA) is 47.6 Å². The molecule has 0 fully saturated rings. The van der Waals surface area contributed by atoms with Crippen molar-refractivity contribution < 1.29 is 27.4 Å². The van der Waals surface area contributed by atoms with Crippen molar-refractivity contribution in [1.29, 1.82) is 0 Å². The van der Waals surface area contributed by atoms with Gasteiger partial charge >= 0.3 is 12.3 Å². The maximum Gasteiger partial charge on any atom is 0.411 e. The highest BCUT2D eigenvalue weighted by molar-refractivity contribution is 5.67. The molecule has 0 aliphatic heterocycles. The van der Waals surface area contributed by atoms with Crippen LogP contribution in [0.3, 0.4) is 0 Å². The van der Waals surface area contributed by atoms with Gasteiger partial charge in [0.25, 0.3) is 0 Å². The third-order valence-electron chi connectivity index (χ3n) is 1.12. The van der Waals surface area contributed by atoms with Gasteiger partial charge in [0.1, 0.15) is 6.61 Å². The minimum absolute atomic E-state index is 0.0123. The van der Waals surface area contributed by atoms with E-state index in [9.17, 15) is 18.0 Å². The maximum atomic E-state index is 11.6. The molecule has 0 atom stereocenters. The Morgan fingerprint density at radius 2 is 2.00 bits per heavy atom. The average molecular weight is 229 g/mol. The molecule has 90 valence electrons. The van der Waals surface area contributed by atoms with E-state index >= 15 is 0 Å². The molecule has 0 aromatic carbocycles. The Bertz CT molecular complexity index is 194. The number of hydrogen-bond donors (Lipinski definition) is 1. The molecule has 0 aliphatic carbocycles. The Kier molecular flexibility index (Phi) is 6.07. The van der Waals surface area contributed by atoms with Crippen molar-refractivity contribution in [2.75, 3.05) is 19.8 Å². The number of carbonyl (C=O) groups is 1. The van der Waals surface area contributed by atoms with E-state index in [0.29, 0.717) is 0 Å². The third-order valence-corrected chi connectivity index (χ3v) is 1.12. The van der Waals surface area contributed by atoms with Gasteiger partial charge in [-0.2, -0.15) is 13.2 Å². The second-order valence-electron chi connectivity index (χ2n) is 3.05. The number of carbonyl (C=O) groups excluding carboxylic acids is 1. The summed E-state index contributed by atoms with van der Waals surface area (Å²) < 4.78 is 43.7. The summed E-state index contributed by atoms with van der Waals surface area (Å²) in [7, 11) is 0. The molecule has 0 aromatic rings. The molecule has 0 spiro atoms. The van der Waals surface area contributed by atoms with Crippen LogP contribution in [0.15, 0.2) is 0 Å². The summed E-state index contributed by atoms with van der Waals surface area (Å²) in [5.41, 5.74) is 0. The van der Waals surface area contributed by atoms with Gasteiger partial charge in [-0.3, -0.25) is 0 Å². The summed E-state index contributed by atoms with van der Waals surface area (Å²) in [5, 5.41) is 2.25. The van der Waals surface area contributed by atoms with Crippen LogP contribution in [-0.2, 0) is 9.47 Å². The second-order valence-corrected chi connectivity index (χ2v) is 3.05. The van der Waals surface area contributed by atoms with Crippen molar-refractivity contribution in [3.63, 3.8) is 0 Å². The van der Waals surface area contributed by atoms with Crippen molar-refractivity contribution in [2.45, 2.75) is 26.1 Å². The molecule has 7 heteroatoms. The van der Waals surface area contributed by atoms with E-state index in [-0.39, 0.29) is 19.3 Å². The molecule has 1 amide bonds. The molecular formula is C8H14F3NO3. The molecule has 0 saturated heterocycles. The van der Waals surface area contributed by atoms with Gasteiger partial charge in [-0.1, -0.05) is 0 Å². The first kappa shape index (κ1) is 14.0. The number of hydrogen-bond acceptors (Lipinski definition) is 3. The highest BCUT2D eigenvalue weighted by Gasteiger charge is 2.27. The second kappa shape index (κ2) is 6.49. The average Bonchev–Trinajstić information content (AvgIpc) is 1.99. The van der Waals surface area contributed by atoms with E-state index in [1.54, 1.807) is 13.8 Å². The van der Waals surface area contributed by atoms with Gasteiger partial charge in [-0.05, 0) is 13.8 Å². The quantitative estimate of drug-likeness (QED) is 0.730. The van der Waals surface area contributed by atoms with Crippen LogP contribution in [0.2, 0.25) is 0 Å². The van der Waals surface area contributed by atoms with Crippen LogP contribution in [0.4, 0.5) is 18.0 Å². The molecule has 4 nitrogen and oxygen atoms in total. The van der Waals surface area contributed by atoms with Gasteiger partial charge in [0, 0.05) is 6.54 Å². The Morgan fingerprint density at radius 3 is 2.47 bits per heavy atom. The zero-order valence-electron chi connectivity index (χ0n) is 8.56. The number of rotatable bonds is 5. The van der Waals surface area contributed by atoms with Crippen LogP contribution in [0.1, 0.15) is 13.8 Å². The number of amides is 1. The maximum absolute atomic E-state index is 11.6. The monoisotopic (exact) mass is 229 g/mol. The summed E-state index contributed by atoms with van der Waals surface area (Å²) >= 11 is 0. The molecule has 15 heavy (non-hydrogen) atoms. The van der Waals surface area contributed by atoms with Gasteiger partial charge in [0.15, 0.2) is 0 Å². The van der Waals surface area contributed by atoms with Gasteiger partial charge in [0.2, 0.25) is 0 Å². The predicted octanol–water partition coefficient (Wildman–Crippen LogP) is 1.70. The SMILES string of the molecule is CC(C)OC(=O)NCCOCC(F)(F)F. The van der Waals surface area contributed by atoms with Gasteiger partial charge in [-0.15, -0.1) is 0 Å². The lowest BCUT2D eigenvalue weighted by Gasteiger charge is -2.10. The molecule has 1 N–H and O–H groups in total. The van der Waals surface area contributed by atoms with Crippen molar-refractivity contribution >= 4 is 6.09 Å². The smallest absolute Gasteiger partial charge is 0.411 e. The lowest BCUT2D eigenvalue weighted by molar-refractivity contribution is -0.173. The molecule has 0 aromatic heterocycles. The van der Waals surface area contributed by atoms with Crippen molar-refractivity contribution in [3.8, 4) is 0 Å². The number of halogens is 3. The zero-order chi connectivity index (χ0) is 11.9. The Morgan fingerprint density at radius 1 is 1.40 bits per heavy atom. The van der Waals surface area contributed by atoms with E-state index in [1.165, 1.54) is 0 Å². The number of ether oxygens (including phenoxy) is 2. The lowest BCUT2D eigenvalue weighted by Crippen LogP contribution is -2.30. The first-order valence-corrected chi connectivity index (χ1v) is 4.40. The van der Waals surface area contributed by atoms with Crippen LogP contribution in [0, 0.1) is 0 Å². The largest absolute Gasteiger partial charge is 0.447 e. The van der Waals surface area contributed by atoms with Crippen LogP contribution in [0.5, 0.6) is 0 Å². The zero-order valence-corrected chi connectivity index (χ0v) is 8.56. The van der Waals surface area contributed by atoms with E-state index in [0.717, 1.165) is 0 Å². The number of alkyl halides is 3. The van der Waals surface area contributed by atoms with Crippen LogP contribution < -0.4 is 5.32 Å². The van der Waals surface area contributed by atoms with Crippen LogP contribution in [-0.4, -0.2) is 38.1 Å². The van der Waals surface area contributed by atoms with E-state index in [1.807, 2.05) is 0 Å². The first-order valence-electron chi connectivity index (χ1n) is 4.40. The number of alkyl carbamates (subject to hydrolysis) is 1. The Balaban J connectivity index is 3.35. The van der Waals surface area contributed by atoms with Crippen molar-refractivity contribution in [3.05, 3.63) is 0 Å². The van der Waals surface area contributed by atoms with Gasteiger partial charge in [0.05, 0.1) is 12.7 Å².